The number of anilines is 1. The zero-order valence-corrected chi connectivity index (χ0v) is 15.9. The van der Waals surface area contributed by atoms with Crippen LogP contribution < -0.4 is 19.5 Å². The molecule has 0 spiro atoms. The van der Waals surface area contributed by atoms with E-state index in [2.05, 4.69) is 10.1 Å². The number of ether oxygens (including phenoxy) is 4. The highest BCUT2D eigenvalue weighted by atomic mass is 19.3. The fourth-order valence-electron chi connectivity index (χ4n) is 2.37. The molecule has 0 radical (unpaired) electrons. The first-order valence-corrected chi connectivity index (χ1v) is 8.26. The quantitative estimate of drug-likeness (QED) is 0.530. The van der Waals surface area contributed by atoms with E-state index in [1.807, 2.05) is 0 Å². The highest BCUT2D eigenvalue weighted by molar-refractivity contribution is 6.07. The van der Waals surface area contributed by atoms with Crippen LogP contribution in [0.15, 0.2) is 42.5 Å². The Bertz CT molecular complexity index is 897. The molecule has 0 bridgehead atoms. The normalized spacial score (nSPS) is 10.7. The molecule has 7 nitrogen and oxygen atoms in total. The molecule has 0 heterocycles. The largest absolute Gasteiger partial charge is 0.493 e. The van der Waals surface area contributed by atoms with Gasteiger partial charge in [0.25, 0.3) is 0 Å². The summed E-state index contributed by atoms with van der Waals surface area (Å²) in [6.07, 6.45) is 2.70. The fourth-order valence-corrected chi connectivity index (χ4v) is 2.37. The monoisotopic (exact) mass is 407 g/mol. The second kappa shape index (κ2) is 10.1. The van der Waals surface area contributed by atoms with Gasteiger partial charge in [-0.05, 0) is 23.8 Å². The van der Waals surface area contributed by atoms with Crippen molar-refractivity contribution < 1.29 is 37.3 Å². The number of nitrogens with one attached hydrogen (secondary N) is 1. The number of carbonyl (C=O) groups excluding carboxylic acids is 2. The third-order valence-electron chi connectivity index (χ3n) is 3.72. The van der Waals surface area contributed by atoms with Gasteiger partial charge in [-0.25, -0.2) is 4.79 Å². The van der Waals surface area contributed by atoms with Crippen LogP contribution in [0.3, 0.4) is 0 Å². The SMILES string of the molecule is COC(=O)c1cc(OC)c(OC)cc1NC(=O)/C=C/c1ccc(OC(F)F)cc1. The van der Waals surface area contributed by atoms with Crippen LogP contribution in [0.2, 0.25) is 0 Å². The van der Waals surface area contributed by atoms with E-state index < -0.39 is 18.5 Å². The summed E-state index contributed by atoms with van der Waals surface area (Å²) in [5, 5.41) is 2.57. The molecule has 1 N–H and O–H groups in total. The van der Waals surface area contributed by atoms with E-state index in [0.717, 1.165) is 0 Å². The van der Waals surface area contributed by atoms with Crippen molar-refractivity contribution in [2.45, 2.75) is 6.61 Å². The molecule has 0 aromatic heterocycles. The van der Waals surface area contributed by atoms with Crippen molar-refractivity contribution in [3.05, 3.63) is 53.6 Å². The molecule has 0 fully saturated rings. The summed E-state index contributed by atoms with van der Waals surface area (Å²) in [6.45, 7) is -2.91. The standard InChI is InChI=1S/C20H19F2NO6/c1-26-16-10-14(19(25)28-3)15(11-17(16)27-2)23-18(24)9-6-12-4-7-13(8-5-12)29-20(21)22/h4-11,20H,1-3H3,(H,23,24)/b9-6+. The Balaban J connectivity index is 2.18. The van der Waals surface area contributed by atoms with E-state index in [9.17, 15) is 18.4 Å². The number of halogens is 2. The number of hydrogen-bond donors (Lipinski definition) is 1. The molecular weight excluding hydrogens is 388 g/mol. The van der Waals surface area contributed by atoms with Gasteiger partial charge in [0.1, 0.15) is 5.75 Å². The molecule has 0 aliphatic rings. The van der Waals surface area contributed by atoms with Gasteiger partial charge in [-0.1, -0.05) is 12.1 Å². The number of esters is 1. The van der Waals surface area contributed by atoms with Crippen LogP contribution in [0.25, 0.3) is 6.08 Å². The van der Waals surface area contributed by atoms with Crippen LogP contribution in [0, 0.1) is 0 Å². The molecule has 0 atom stereocenters. The predicted octanol–water partition coefficient (Wildman–Crippen LogP) is 3.74. The Labute approximate surface area is 165 Å². The highest BCUT2D eigenvalue weighted by Gasteiger charge is 2.18. The third-order valence-corrected chi connectivity index (χ3v) is 3.72. The maximum absolute atomic E-state index is 12.3. The third kappa shape index (κ3) is 5.93. The molecule has 0 aliphatic heterocycles. The maximum atomic E-state index is 12.3. The molecule has 1 amide bonds. The van der Waals surface area contributed by atoms with Crippen LogP contribution >= 0.6 is 0 Å². The van der Waals surface area contributed by atoms with Gasteiger partial charge in [-0.15, -0.1) is 0 Å². The molecular formula is C20H19F2NO6. The van der Waals surface area contributed by atoms with E-state index in [-0.39, 0.29) is 17.0 Å². The fraction of sp³-hybridized carbons (Fsp3) is 0.200. The minimum absolute atomic E-state index is 0.00893. The average Bonchev–Trinajstić information content (AvgIpc) is 2.71. The molecule has 154 valence electrons. The number of benzene rings is 2. The topological polar surface area (TPSA) is 83.1 Å². The summed E-state index contributed by atoms with van der Waals surface area (Å²) >= 11 is 0. The molecule has 2 rings (SSSR count). The van der Waals surface area contributed by atoms with Gasteiger partial charge in [0, 0.05) is 18.2 Å². The second-order valence-electron chi connectivity index (χ2n) is 5.51. The first-order chi connectivity index (χ1) is 13.9. The summed E-state index contributed by atoms with van der Waals surface area (Å²) in [4.78, 5) is 24.3. The van der Waals surface area contributed by atoms with Gasteiger partial charge in [-0.3, -0.25) is 4.79 Å². The van der Waals surface area contributed by atoms with Gasteiger partial charge in [0.2, 0.25) is 5.91 Å². The lowest BCUT2D eigenvalue weighted by Gasteiger charge is -2.14. The van der Waals surface area contributed by atoms with Crippen molar-refractivity contribution in [1.82, 2.24) is 0 Å². The van der Waals surface area contributed by atoms with E-state index >= 15 is 0 Å². The molecule has 0 aliphatic carbocycles. The zero-order chi connectivity index (χ0) is 21.4. The zero-order valence-electron chi connectivity index (χ0n) is 15.9. The van der Waals surface area contributed by atoms with Gasteiger partial charge >= 0.3 is 12.6 Å². The number of carbonyl (C=O) groups is 2. The molecule has 0 saturated carbocycles. The Morgan fingerprint density at radius 3 is 2.17 bits per heavy atom. The summed E-state index contributed by atoms with van der Waals surface area (Å²) < 4.78 is 43.6. The lowest BCUT2D eigenvalue weighted by atomic mass is 10.1. The maximum Gasteiger partial charge on any atom is 0.387 e. The van der Waals surface area contributed by atoms with Crippen LogP contribution in [-0.4, -0.2) is 39.8 Å². The number of rotatable bonds is 8. The first kappa shape index (κ1) is 21.7. The summed E-state index contributed by atoms with van der Waals surface area (Å²) in [5.41, 5.74) is 0.840. The van der Waals surface area contributed by atoms with Gasteiger partial charge in [-0.2, -0.15) is 8.78 Å². The lowest BCUT2D eigenvalue weighted by molar-refractivity contribution is -0.111. The first-order valence-electron chi connectivity index (χ1n) is 8.26. The predicted molar refractivity (Wildman–Crippen MR) is 102 cm³/mol. The minimum Gasteiger partial charge on any atom is -0.493 e. The van der Waals surface area contributed by atoms with Gasteiger partial charge in [0.15, 0.2) is 11.5 Å². The van der Waals surface area contributed by atoms with Crippen molar-refractivity contribution in [2.24, 2.45) is 0 Å². The number of alkyl halides is 2. The molecule has 9 heteroatoms. The molecule has 2 aromatic rings. The van der Waals surface area contributed by atoms with Crippen molar-refractivity contribution in [3.63, 3.8) is 0 Å². The number of hydrogen-bond acceptors (Lipinski definition) is 6. The van der Waals surface area contributed by atoms with Crippen molar-refractivity contribution in [1.29, 1.82) is 0 Å². The van der Waals surface area contributed by atoms with E-state index in [0.29, 0.717) is 17.1 Å². The smallest absolute Gasteiger partial charge is 0.387 e. The minimum atomic E-state index is -2.91. The van der Waals surface area contributed by atoms with Crippen LogP contribution in [0.1, 0.15) is 15.9 Å². The van der Waals surface area contributed by atoms with Gasteiger partial charge in [0.05, 0.1) is 32.6 Å². The summed E-state index contributed by atoms with van der Waals surface area (Å²) in [6, 6.07) is 8.56. The Morgan fingerprint density at radius 2 is 1.62 bits per heavy atom. The Hall–Kier alpha value is -3.62. The number of amides is 1. The van der Waals surface area contributed by atoms with Crippen molar-refractivity contribution in [2.75, 3.05) is 26.6 Å². The Morgan fingerprint density at radius 1 is 1.00 bits per heavy atom. The highest BCUT2D eigenvalue weighted by Crippen LogP contribution is 2.33. The van der Waals surface area contributed by atoms with E-state index in [4.69, 9.17) is 14.2 Å². The second-order valence-corrected chi connectivity index (χ2v) is 5.51. The van der Waals surface area contributed by atoms with E-state index in [1.165, 1.54) is 69.9 Å². The Kier molecular flexibility index (Phi) is 7.53. The van der Waals surface area contributed by atoms with Crippen LogP contribution in [0.4, 0.5) is 14.5 Å². The van der Waals surface area contributed by atoms with Crippen LogP contribution in [-0.2, 0) is 9.53 Å². The summed E-state index contributed by atoms with van der Waals surface area (Å²) in [5.74, 6) is -0.577. The van der Waals surface area contributed by atoms with E-state index in [1.54, 1.807) is 0 Å². The molecule has 0 unspecified atom stereocenters. The number of methoxy groups -OCH3 is 3. The van der Waals surface area contributed by atoms with Crippen molar-refractivity contribution in [3.8, 4) is 17.2 Å². The average molecular weight is 407 g/mol. The lowest BCUT2D eigenvalue weighted by Crippen LogP contribution is -2.13. The van der Waals surface area contributed by atoms with Gasteiger partial charge < -0.3 is 24.3 Å². The molecule has 2 aromatic carbocycles. The van der Waals surface area contributed by atoms with Crippen molar-refractivity contribution >= 4 is 23.6 Å². The molecule has 0 saturated heterocycles. The van der Waals surface area contributed by atoms with Crippen LogP contribution in [0.5, 0.6) is 17.2 Å². The summed E-state index contributed by atoms with van der Waals surface area (Å²) in [7, 11) is 4.05. The molecule has 29 heavy (non-hydrogen) atoms.